The number of aromatic amines is 2. The summed E-state index contributed by atoms with van der Waals surface area (Å²) >= 11 is 0. The van der Waals surface area contributed by atoms with Gasteiger partial charge in [0, 0.05) is 18.2 Å². The van der Waals surface area contributed by atoms with E-state index < -0.39 is 11.6 Å². The monoisotopic (exact) mass is 347 g/mol. The summed E-state index contributed by atoms with van der Waals surface area (Å²) in [5.74, 6) is -0.934. The van der Waals surface area contributed by atoms with Crippen molar-refractivity contribution < 1.29 is 13.5 Å². The van der Waals surface area contributed by atoms with Gasteiger partial charge in [-0.2, -0.15) is 10.1 Å². The summed E-state index contributed by atoms with van der Waals surface area (Å²) in [6.07, 6.45) is 3.52. The smallest absolute Gasteiger partial charge is 0.263 e. The molecule has 130 valence electrons. The summed E-state index contributed by atoms with van der Waals surface area (Å²) in [6, 6.07) is 2.95. The maximum absolute atomic E-state index is 13.3. The SMILES string of the molecule is O=c1[nH]c(N[C@H]2CCC[C@H]2Oc2cc(F)cc(F)c2)nc2[nH]ncc12. The van der Waals surface area contributed by atoms with Gasteiger partial charge in [-0.1, -0.05) is 0 Å². The van der Waals surface area contributed by atoms with Crippen molar-refractivity contribution in [3.63, 3.8) is 0 Å². The summed E-state index contributed by atoms with van der Waals surface area (Å²) in [7, 11) is 0. The molecule has 0 bridgehead atoms. The number of halogens is 2. The first-order valence-electron chi connectivity index (χ1n) is 7.91. The molecule has 3 N–H and O–H groups in total. The van der Waals surface area contributed by atoms with Crippen LogP contribution in [0.3, 0.4) is 0 Å². The van der Waals surface area contributed by atoms with Crippen molar-refractivity contribution in [2.45, 2.75) is 31.4 Å². The van der Waals surface area contributed by atoms with E-state index in [4.69, 9.17) is 4.74 Å². The quantitative estimate of drug-likeness (QED) is 0.673. The molecule has 3 aromatic rings. The predicted octanol–water partition coefficient (Wildman–Crippen LogP) is 2.34. The third-order valence-electron chi connectivity index (χ3n) is 4.22. The first-order valence-corrected chi connectivity index (χ1v) is 7.91. The second kappa shape index (κ2) is 6.15. The van der Waals surface area contributed by atoms with E-state index >= 15 is 0 Å². The van der Waals surface area contributed by atoms with Crippen molar-refractivity contribution in [3.8, 4) is 5.75 Å². The molecule has 1 saturated carbocycles. The molecule has 1 aromatic carbocycles. The Morgan fingerprint density at radius 3 is 2.80 bits per heavy atom. The lowest BCUT2D eigenvalue weighted by Gasteiger charge is -2.22. The summed E-state index contributed by atoms with van der Waals surface area (Å²) in [4.78, 5) is 18.9. The van der Waals surface area contributed by atoms with Crippen molar-refractivity contribution in [3.05, 3.63) is 46.4 Å². The zero-order chi connectivity index (χ0) is 17.4. The molecule has 0 aliphatic heterocycles. The third-order valence-corrected chi connectivity index (χ3v) is 4.22. The zero-order valence-electron chi connectivity index (χ0n) is 13.1. The highest BCUT2D eigenvalue weighted by Gasteiger charge is 2.30. The Balaban J connectivity index is 1.53. The van der Waals surface area contributed by atoms with Crippen LogP contribution >= 0.6 is 0 Å². The Kier molecular flexibility index (Phi) is 3.83. The molecule has 0 spiro atoms. The van der Waals surface area contributed by atoms with Gasteiger partial charge in [-0.05, 0) is 19.3 Å². The Hall–Kier alpha value is -2.97. The predicted molar refractivity (Wildman–Crippen MR) is 86.5 cm³/mol. The molecule has 0 saturated heterocycles. The van der Waals surface area contributed by atoms with Gasteiger partial charge in [-0.25, -0.2) is 8.78 Å². The molecule has 1 fully saturated rings. The van der Waals surface area contributed by atoms with Crippen LogP contribution in [0.2, 0.25) is 0 Å². The second-order valence-electron chi connectivity index (χ2n) is 5.99. The van der Waals surface area contributed by atoms with Crippen LogP contribution in [-0.2, 0) is 0 Å². The highest BCUT2D eigenvalue weighted by molar-refractivity contribution is 5.73. The molecule has 7 nitrogen and oxygen atoms in total. The Labute approximate surface area is 140 Å². The average Bonchev–Trinajstić information content (AvgIpc) is 3.16. The van der Waals surface area contributed by atoms with Gasteiger partial charge < -0.3 is 10.1 Å². The second-order valence-corrected chi connectivity index (χ2v) is 5.99. The fraction of sp³-hybridized carbons (Fsp3) is 0.312. The molecule has 0 amide bonds. The van der Waals surface area contributed by atoms with Crippen LogP contribution in [0.4, 0.5) is 14.7 Å². The Morgan fingerprint density at radius 1 is 1.20 bits per heavy atom. The van der Waals surface area contributed by atoms with E-state index in [0.29, 0.717) is 17.0 Å². The number of rotatable bonds is 4. The molecular formula is C16H15F2N5O2. The molecule has 4 rings (SSSR count). The van der Waals surface area contributed by atoms with Crippen LogP contribution in [0.1, 0.15) is 19.3 Å². The first-order chi connectivity index (χ1) is 12.1. The number of nitrogens with zero attached hydrogens (tertiary/aromatic N) is 2. The molecular weight excluding hydrogens is 332 g/mol. The van der Waals surface area contributed by atoms with Crippen molar-refractivity contribution in [1.82, 2.24) is 20.2 Å². The van der Waals surface area contributed by atoms with Crippen molar-refractivity contribution in [1.29, 1.82) is 0 Å². The molecule has 1 aliphatic carbocycles. The van der Waals surface area contributed by atoms with E-state index in [1.165, 1.54) is 6.20 Å². The molecule has 0 unspecified atom stereocenters. The van der Waals surface area contributed by atoms with Gasteiger partial charge >= 0.3 is 0 Å². The van der Waals surface area contributed by atoms with Gasteiger partial charge in [0.25, 0.3) is 5.56 Å². The van der Waals surface area contributed by atoms with Crippen LogP contribution in [0.25, 0.3) is 11.0 Å². The topological polar surface area (TPSA) is 95.7 Å². The third kappa shape index (κ3) is 3.17. The number of hydrogen-bond donors (Lipinski definition) is 3. The highest BCUT2D eigenvalue weighted by atomic mass is 19.1. The van der Waals surface area contributed by atoms with Gasteiger partial charge in [0.1, 0.15) is 28.9 Å². The van der Waals surface area contributed by atoms with E-state index in [0.717, 1.165) is 37.5 Å². The summed E-state index contributed by atoms with van der Waals surface area (Å²) < 4.78 is 32.4. The van der Waals surface area contributed by atoms with E-state index in [-0.39, 0.29) is 23.5 Å². The first kappa shape index (κ1) is 15.6. The average molecular weight is 347 g/mol. The molecule has 9 heteroatoms. The molecule has 0 radical (unpaired) electrons. The van der Waals surface area contributed by atoms with Gasteiger partial charge in [0.2, 0.25) is 5.95 Å². The van der Waals surface area contributed by atoms with E-state index in [9.17, 15) is 13.6 Å². The fourth-order valence-electron chi connectivity index (χ4n) is 3.09. The van der Waals surface area contributed by atoms with Crippen LogP contribution in [-0.4, -0.2) is 32.3 Å². The normalized spacial score (nSPS) is 20.1. The standard InChI is InChI=1S/C16H15F2N5O2/c17-8-4-9(18)6-10(5-8)25-13-3-1-2-12(13)20-16-21-14-11(7-19-23-14)15(24)22-16/h4-7,12-13H,1-3H2,(H3,19,20,21,22,23,24)/t12-,13+/m0/s1. The van der Waals surface area contributed by atoms with E-state index in [1.54, 1.807) is 0 Å². The number of H-pyrrole nitrogens is 2. The zero-order valence-corrected chi connectivity index (χ0v) is 13.1. The number of hydrogen-bond acceptors (Lipinski definition) is 5. The molecule has 2 aromatic heterocycles. The Bertz CT molecular complexity index is 950. The lowest BCUT2D eigenvalue weighted by molar-refractivity contribution is 0.196. The number of anilines is 1. The number of benzene rings is 1. The molecule has 1 aliphatic rings. The maximum atomic E-state index is 13.3. The Morgan fingerprint density at radius 2 is 2.00 bits per heavy atom. The summed E-state index contributed by atoms with van der Waals surface area (Å²) in [5, 5.41) is 9.96. The van der Waals surface area contributed by atoms with Crippen molar-refractivity contribution in [2.75, 3.05) is 5.32 Å². The van der Waals surface area contributed by atoms with E-state index in [1.807, 2.05) is 0 Å². The number of nitrogens with one attached hydrogen (secondary N) is 3. The minimum absolute atomic E-state index is 0.140. The van der Waals surface area contributed by atoms with Crippen LogP contribution in [0, 0.1) is 11.6 Å². The summed E-state index contributed by atoms with van der Waals surface area (Å²) in [6.45, 7) is 0. The maximum Gasteiger partial charge on any atom is 0.263 e. The largest absolute Gasteiger partial charge is 0.488 e. The lowest BCUT2D eigenvalue weighted by Crippen LogP contribution is -2.34. The van der Waals surface area contributed by atoms with Gasteiger partial charge in [-0.15, -0.1) is 0 Å². The molecule has 25 heavy (non-hydrogen) atoms. The highest BCUT2D eigenvalue weighted by Crippen LogP contribution is 2.27. The molecule has 2 heterocycles. The summed E-state index contributed by atoms with van der Waals surface area (Å²) in [5.41, 5.74) is 0.0813. The van der Waals surface area contributed by atoms with Gasteiger partial charge in [-0.3, -0.25) is 14.9 Å². The number of aromatic nitrogens is 4. The van der Waals surface area contributed by atoms with Gasteiger partial charge in [0.15, 0.2) is 5.65 Å². The van der Waals surface area contributed by atoms with Crippen LogP contribution < -0.4 is 15.6 Å². The van der Waals surface area contributed by atoms with Crippen LogP contribution in [0.5, 0.6) is 5.75 Å². The minimum Gasteiger partial charge on any atom is -0.488 e. The number of ether oxygens (including phenoxy) is 1. The lowest BCUT2D eigenvalue weighted by atomic mass is 10.2. The van der Waals surface area contributed by atoms with Crippen molar-refractivity contribution >= 4 is 17.0 Å². The number of fused-ring (bicyclic) bond motifs is 1. The van der Waals surface area contributed by atoms with Crippen LogP contribution in [0.15, 0.2) is 29.2 Å². The fourth-order valence-corrected chi connectivity index (χ4v) is 3.09. The molecule has 2 atom stereocenters. The minimum atomic E-state index is -0.687. The van der Waals surface area contributed by atoms with Crippen molar-refractivity contribution in [2.24, 2.45) is 0 Å². The van der Waals surface area contributed by atoms with E-state index in [2.05, 4.69) is 25.5 Å². The van der Waals surface area contributed by atoms with Gasteiger partial charge in [0.05, 0.1) is 12.2 Å².